The van der Waals surface area contributed by atoms with Gasteiger partial charge in [0.15, 0.2) is 0 Å². The number of nitrogens with one attached hydrogen (secondary N) is 1. The van der Waals surface area contributed by atoms with Crippen molar-refractivity contribution in [3.05, 3.63) is 16.5 Å². The molecule has 1 aromatic heterocycles. The monoisotopic (exact) mass is 307 g/mol. The zero-order valence-electron chi connectivity index (χ0n) is 11.1. The number of carboxylic acids is 1. The van der Waals surface area contributed by atoms with E-state index in [0.29, 0.717) is 16.9 Å². The van der Waals surface area contributed by atoms with Crippen molar-refractivity contribution in [2.45, 2.75) is 43.5 Å². The minimum Gasteiger partial charge on any atom is -0.477 e. The van der Waals surface area contributed by atoms with E-state index in [1.165, 1.54) is 13.0 Å². The van der Waals surface area contributed by atoms with Crippen molar-refractivity contribution >= 4 is 27.3 Å². The third kappa shape index (κ3) is 3.53. The van der Waals surface area contributed by atoms with Crippen molar-refractivity contribution in [1.29, 1.82) is 0 Å². The van der Waals surface area contributed by atoms with E-state index in [-0.39, 0.29) is 9.09 Å². The number of aliphatic hydroxyl groups excluding tert-OH is 1. The molecule has 0 fully saturated rings. The Labute approximate surface area is 116 Å². The van der Waals surface area contributed by atoms with Gasteiger partial charge in [0.05, 0.1) is 11.6 Å². The molecule has 0 aliphatic heterocycles. The summed E-state index contributed by atoms with van der Waals surface area (Å²) in [4.78, 5) is 10.9. The van der Waals surface area contributed by atoms with Crippen molar-refractivity contribution in [2.75, 3.05) is 0 Å². The molecule has 0 aliphatic carbocycles. The predicted molar refractivity (Wildman–Crippen MR) is 72.1 cm³/mol. The number of aliphatic hydroxyl groups is 1. The van der Waals surface area contributed by atoms with Crippen molar-refractivity contribution in [3.63, 3.8) is 0 Å². The van der Waals surface area contributed by atoms with Crippen LogP contribution in [0.4, 0.5) is 0 Å². The van der Waals surface area contributed by atoms with Gasteiger partial charge in [-0.05, 0) is 39.3 Å². The first-order chi connectivity index (χ1) is 8.47. The fourth-order valence-corrected chi connectivity index (χ4v) is 4.13. The summed E-state index contributed by atoms with van der Waals surface area (Å²) in [5.74, 6) is -1.15. The molecule has 1 rings (SSSR count). The average molecular weight is 307 g/mol. The number of thiophene rings is 1. The number of sulfonamides is 1. The minimum atomic E-state index is -3.85. The van der Waals surface area contributed by atoms with Gasteiger partial charge in [0.2, 0.25) is 0 Å². The largest absolute Gasteiger partial charge is 0.477 e. The summed E-state index contributed by atoms with van der Waals surface area (Å²) in [5.41, 5.74) is -0.646. The Balaban J connectivity index is 3.15. The lowest BCUT2D eigenvalue weighted by molar-refractivity contribution is 0.0701. The second-order valence-electron chi connectivity index (χ2n) is 4.89. The van der Waals surface area contributed by atoms with Gasteiger partial charge in [0.1, 0.15) is 9.09 Å². The highest BCUT2D eigenvalue weighted by molar-refractivity contribution is 7.91. The number of carbonyl (C=O) groups is 1. The molecule has 1 aromatic rings. The summed E-state index contributed by atoms with van der Waals surface area (Å²) in [6, 6.07) is 1.31. The highest BCUT2D eigenvalue weighted by Crippen LogP contribution is 2.27. The lowest BCUT2D eigenvalue weighted by Crippen LogP contribution is -2.50. The molecular weight excluding hydrogens is 290 g/mol. The average Bonchev–Trinajstić information content (AvgIpc) is 2.59. The Hall–Kier alpha value is -0.960. The van der Waals surface area contributed by atoms with Crippen LogP contribution in [0, 0.1) is 6.92 Å². The first-order valence-electron chi connectivity index (χ1n) is 5.53. The van der Waals surface area contributed by atoms with Crippen molar-refractivity contribution < 1.29 is 23.4 Å². The van der Waals surface area contributed by atoms with Crippen LogP contribution in [0.3, 0.4) is 0 Å². The topological polar surface area (TPSA) is 104 Å². The van der Waals surface area contributed by atoms with E-state index in [1.54, 1.807) is 20.8 Å². The van der Waals surface area contributed by atoms with E-state index in [0.717, 1.165) is 0 Å². The van der Waals surface area contributed by atoms with E-state index in [2.05, 4.69) is 4.72 Å². The smallest absolute Gasteiger partial charge is 0.346 e. The highest BCUT2D eigenvalue weighted by atomic mass is 32.2. The Morgan fingerprint density at radius 1 is 1.47 bits per heavy atom. The third-order valence-electron chi connectivity index (χ3n) is 2.80. The Morgan fingerprint density at radius 2 is 2.00 bits per heavy atom. The molecule has 0 saturated heterocycles. The van der Waals surface area contributed by atoms with Gasteiger partial charge in [-0.25, -0.2) is 17.9 Å². The minimum absolute atomic E-state index is 0.00442. The van der Waals surface area contributed by atoms with E-state index in [9.17, 15) is 18.3 Å². The van der Waals surface area contributed by atoms with E-state index in [1.807, 2.05) is 0 Å². The Morgan fingerprint density at radius 3 is 2.37 bits per heavy atom. The maximum Gasteiger partial charge on any atom is 0.346 e. The Bertz CT molecular complexity index is 586. The molecule has 6 nitrogen and oxygen atoms in total. The van der Waals surface area contributed by atoms with Crippen LogP contribution in [-0.4, -0.2) is 36.2 Å². The SMILES string of the molecule is Cc1cc(S(=O)(=O)NC(C)(C)C(C)O)sc1C(=O)O. The first-order valence-corrected chi connectivity index (χ1v) is 7.83. The molecule has 108 valence electrons. The van der Waals surface area contributed by atoms with Crippen molar-refractivity contribution in [3.8, 4) is 0 Å². The lowest BCUT2D eigenvalue weighted by atomic mass is 10.0. The number of aromatic carboxylic acids is 1. The Kier molecular flexibility index (Phi) is 4.40. The molecular formula is C11H17NO5S2. The molecule has 19 heavy (non-hydrogen) atoms. The molecule has 1 unspecified atom stereocenters. The molecule has 0 amide bonds. The zero-order valence-corrected chi connectivity index (χ0v) is 12.7. The molecule has 1 atom stereocenters. The van der Waals surface area contributed by atoms with Crippen LogP contribution in [-0.2, 0) is 10.0 Å². The van der Waals surface area contributed by atoms with Gasteiger partial charge in [0, 0.05) is 0 Å². The molecule has 1 heterocycles. The number of carboxylic acid groups (broad SMARTS) is 1. The van der Waals surface area contributed by atoms with E-state index < -0.39 is 27.6 Å². The molecule has 3 N–H and O–H groups in total. The van der Waals surface area contributed by atoms with Crippen LogP contribution in [0.15, 0.2) is 10.3 Å². The molecule has 0 spiro atoms. The molecule has 0 aromatic carbocycles. The normalized spacial score (nSPS) is 14.4. The summed E-state index contributed by atoms with van der Waals surface area (Å²) in [7, 11) is -3.85. The molecule has 0 saturated carbocycles. The van der Waals surface area contributed by atoms with Gasteiger partial charge < -0.3 is 10.2 Å². The number of rotatable bonds is 5. The fraction of sp³-hybridized carbons (Fsp3) is 0.545. The van der Waals surface area contributed by atoms with Crippen LogP contribution in [0.2, 0.25) is 0 Å². The van der Waals surface area contributed by atoms with Gasteiger partial charge in [-0.15, -0.1) is 11.3 Å². The van der Waals surface area contributed by atoms with Gasteiger partial charge in [-0.2, -0.15) is 0 Å². The summed E-state index contributed by atoms with van der Waals surface area (Å²) in [6.45, 7) is 6.12. The fourth-order valence-electron chi connectivity index (χ4n) is 1.28. The van der Waals surface area contributed by atoms with Crippen LogP contribution in [0.5, 0.6) is 0 Å². The number of hydrogen-bond acceptors (Lipinski definition) is 5. The maximum atomic E-state index is 12.1. The maximum absolute atomic E-state index is 12.1. The van der Waals surface area contributed by atoms with Crippen LogP contribution in [0.25, 0.3) is 0 Å². The molecule has 0 bridgehead atoms. The summed E-state index contributed by atoms with van der Waals surface area (Å²) in [5, 5.41) is 18.4. The molecule has 0 aliphatic rings. The lowest BCUT2D eigenvalue weighted by Gasteiger charge is -2.28. The first kappa shape index (κ1) is 16.1. The van der Waals surface area contributed by atoms with E-state index >= 15 is 0 Å². The van der Waals surface area contributed by atoms with Gasteiger partial charge >= 0.3 is 5.97 Å². The zero-order chi connectivity index (χ0) is 15.0. The summed E-state index contributed by atoms with van der Waals surface area (Å²) in [6.07, 6.45) is -0.887. The van der Waals surface area contributed by atoms with Gasteiger partial charge in [0.25, 0.3) is 10.0 Å². The summed E-state index contributed by atoms with van der Waals surface area (Å²) < 4.78 is 26.6. The quantitative estimate of drug-likeness (QED) is 0.758. The van der Waals surface area contributed by atoms with E-state index in [4.69, 9.17) is 5.11 Å². The number of aryl methyl sites for hydroxylation is 1. The second-order valence-corrected chi connectivity index (χ2v) is 7.85. The molecule has 0 radical (unpaired) electrons. The summed E-state index contributed by atoms with van der Waals surface area (Å²) >= 11 is 0.695. The molecule has 8 heteroatoms. The van der Waals surface area contributed by atoms with Crippen molar-refractivity contribution in [2.24, 2.45) is 0 Å². The van der Waals surface area contributed by atoms with Gasteiger partial charge in [-0.3, -0.25) is 0 Å². The van der Waals surface area contributed by atoms with Crippen LogP contribution >= 0.6 is 11.3 Å². The predicted octanol–water partition coefficient (Wildman–Crippen LogP) is 1.19. The third-order valence-corrected chi connectivity index (χ3v) is 6.17. The second kappa shape index (κ2) is 5.20. The van der Waals surface area contributed by atoms with Gasteiger partial charge in [-0.1, -0.05) is 0 Å². The highest BCUT2D eigenvalue weighted by Gasteiger charge is 2.32. The van der Waals surface area contributed by atoms with Crippen molar-refractivity contribution in [1.82, 2.24) is 4.72 Å². The van der Waals surface area contributed by atoms with Crippen LogP contribution < -0.4 is 4.72 Å². The van der Waals surface area contributed by atoms with Crippen LogP contribution in [0.1, 0.15) is 36.0 Å². The standard InChI is InChI=1S/C11H17NO5S2/c1-6-5-8(18-9(6)10(14)15)19(16,17)12-11(3,4)7(2)13/h5,7,12-13H,1-4H3,(H,14,15). The number of hydrogen-bond donors (Lipinski definition) is 3.